The minimum Gasteiger partial charge on any atom is -0.508 e. The van der Waals surface area contributed by atoms with Gasteiger partial charge in [-0.15, -0.1) is 0 Å². The molecule has 3 nitrogen and oxygen atoms in total. The number of hydrogen-bond donors (Lipinski definition) is 2. The average molecular weight is 250 g/mol. The second-order valence-electron chi connectivity index (χ2n) is 3.56. The van der Waals surface area contributed by atoms with Crippen LogP contribution < -0.4 is 10.5 Å². The number of benzene rings is 2. The molecule has 0 heterocycles. The summed E-state index contributed by atoms with van der Waals surface area (Å²) in [6.07, 6.45) is 0. The highest BCUT2D eigenvalue weighted by Crippen LogP contribution is 2.31. The zero-order valence-corrected chi connectivity index (χ0v) is 9.82. The summed E-state index contributed by atoms with van der Waals surface area (Å²) in [5.41, 5.74) is 6.54. The number of aromatic hydroxyl groups is 1. The van der Waals surface area contributed by atoms with Gasteiger partial charge in [-0.2, -0.15) is 0 Å². The maximum absolute atomic E-state index is 9.22. The minimum absolute atomic E-state index is 0.112. The van der Waals surface area contributed by atoms with Gasteiger partial charge in [0.1, 0.15) is 17.2 Å². The lowest BCUT2D eigenvalue weighted by Crippen LogP contribution is -1.95. The second kappa shape index (κ2) is 5.08. The van der Waals surface area contributed by atoms with Crippen LogP contribution in [0.3, 0.4) is 0 Å². The van der Waals surface area contributed by atoms with Crippen LogP contribution in [0.15, 0.2) is 42.5 Å². The summed E-state index contributed by atoms with van der Waals surface area (Å²) in [7, 11) is 0. The molecular weight excluding hydrogens is 238 g/mol. The van der Waals surface area contributed by atoms with E-state index in [0.717, 1.165) is 5.56 Å². The van der Waals surface area contributed by atoms with E-state index in [0.29, 0.717) is 23.1 Å². The van der Waals surface area contributed by atoms with Gasteiger partial charge >= 0.3 is 0 Å². The molecule has 0 aromatic heterocycles. The Kier molecular flexibility index (Phi) is 3.52. The Hall–Kier alpha value is -1.71. The summed E-state index contributed by atoms with van der Waals surface area (Å²) in [6, 6.07) is 12.0. The number of halogens is 1. The van der Waals surface area contributed by atoms with Crippen molar-refractivity contribution in [2.75, 3.05) is 0 Å². The Labute approximate surface area is 104 Å². The number of ether oxygens (including phenoxy) is 1. The van der Waals surface area contributed by atoms with Crippen LogP contribution >= 0.6 is 11.6 Å². The van der Waals surface area contributed by atoms with E-state index in [1.165, 1.54) is 12.1 Å². The predicted molar refractivity (Wildman–Crippen MR) is 67.5 cm³/mol. The van der Waals surface area contributed by atoms with Crippen LogP contribution in [0.5, 0.6) is 17.2 Å². The molecule has 2 aromatic rings. The van der Waals surface area contributed by atoms with E-state index in [2.05, 4.69) is 0 Å². The zero-order chi connectivity index (χ0) is 12.3. The highest BCUT2D eigenvalue weighted by molar-refractivity contribution is 6.32. The van der Waals surface area contributed by atoms with Crippen molar-refractivity contribution in [1.82, 2.24) is 0 Å². The summed E-state index contributed by atoms with van der Waals surface area (Å²) in [6.45, 7) is 0.500. The normalized spacial score (nSPS) is 10.2. The first-order valence-corrected chi connectivity index (χ1v) is 5.52. The van der Waals surface area contributed by atoms with E-state index < -0.39 is 0 Å². The Balaban J connectivity index is 2.19. The molecule has 0 aliphatic carbocycles. The summed E-state index contributed by atoms with van der Waals surface area (Å²) in [5, 5.41) is 9.59. The van der Waals surface area contributed by atoms with Gasteiger partial charge in [0.05, 0.1) is 5.02 Å². The molecule has 0 aliphatic rings. The van der Waals surface area contributed by atoms with Crippen molar-refractivity contribution < 1.29 is 9.84 Å². The largest absolute Gasteiger partial charge is 0.508 e. The van der Waals surface area contributed by atoms with Gasteiger partial charge in [0.2, 0.25) is 0 Å². The van der Waals surface area contributed by atoms with Crippen LogP contribution in [-0.4, -0.2) is 5.11 Å². The fraction of sp³-hybridized carbons (Fsp3) is 0.0769. The fourth-order valence-corrected chi connectivity index (χ4v) is 1.61. The monoisotopic (exact) mass is 249 g/mol. The van der Waals surface area contributed by atoms with E-state index in [-0.39, 0.29) is 5.75 Å². The number of rotatable bonds is 3. The molecule has 0 saturated heterocycles. The first-order chi connectivity index (χ1) is 8.19. The molecule has 0 fully saturated rings. The summed E-state index contributed by atoms with van der Waals surface area (Å²) >= 11 is 5.93. The van der Waals surface area contributed by atoms with Gasteiger partial charge in [0.25, 0.3) is 0 Å². The lowest BCUT2D eigenvalue weighted by atomic mass is 10.2. The van der Waals surface area contributed by atoms with Gasteiger partial charge in [-0.25, -0.2) is 0 Å². The molecule has 0 aliphatic heterocycles. The predicted octanol–water partition coefficient (Wildman–Crippen LogP) is 3.30. The minimum atomic E-state index is 0.112. The molecule has 2 rings (SSSR count). The first kappa shape index (κ1) is 11.8. The Morgan fingerprint density at radius 1 is 1.12 bits per heavy atom. The molecule has 0 spiro atoms. The van der Waals surface area contributed by atoms with Gasteiger partial charge in [0, 0.05) is 12.6 Å². The molecule has 17 heavy (non-hydrogen) atoms. The summed E-state index contributed by atoms with van der Waals surface area (Å²) < 4.78 is 5.58. The quantitative estimate of drug-likeness (QED) is 0.878. The van der Waals surface area contributed by atoms with E-state index in [9.17, 15) is 5.11 Å². The Bertz CT molecular complexity index is 511. The van der Waals surface area contributed by atoms with Crippen molar-refractivity contribution in [1.29, 1.82) is 0 Å². The van der Waals surface area contributed by atoms with Gasteiger partial charge in [-0.05, 0) is 29.8 Å². The zero-order valence-electron chi connectivity index (χ0n) is 9.06. The van der Waals surface area contributed by atoms with Gasteiger partial charge in [0.15, 0.2) is 0 Å². The molecule has 0 saturated carbocycles. The third kappa shape index (κ3) is 2.90. The molecule has 0 amide bonds. The van der Waals surface area contributed by atoms with Gasteiger partial charge < -0.3 is 15.6 Å². The molecule has 4 heteroatoms. The van der Waals surface area contributed by atoms with Crippen LogP contribution in [-0.2, 0) is 6.54 Å². The maximum atomic E-state index is 9.22. The third-order valence-corrected chi connectivity index (χ3v) is 2.60. The highest BCUT2D eigenvalue weighted by Gasteiger charge is 2.04. The Morgan fingerprint density at radius 2 is 1.82 bits per heavy atom. The molecule has 2 aromatic carbocycles. The number of nitrogens with two attached hydrogens (primary N) is 1. The van der Waals surface area contributed by atoms with E-state index in [1.807, 2.05) is 24.3 Å². The lowest BCUT2D eigenvalue weighted by molar-refractivity contribution is 0.464. The molecule has 88 valence electrons. The van der Waals surface area contributed by atoms with Crippen molar-refractivity contribution >= 4 is 11.6 Å². The van der Waals surface area contributed by atoms with Crippen LogP contribution in [0.1, 0.15) is 5.56 Å². The van der Waals surface area contributed by atoms with Crippen molar-refractivity contribution in [2.24, 2.45) is 5.73 Å². The highest BCUT2D eigenvalue weighted by atomic mass is 35.5. The van der Waals surface area contributed by atoms with Gasteiger partial charge in [-0.1, -0.05) is 23.7 Å². The standard InChI is InChI=1S/C13H12ClNO2/c14-12-7-10(16)3-6-13(12)17-11-4-1-9(8-15)2-5-11/h1-7,16H,8,15H2. The smallest absolute Gasteiger partial charge is 0.146 e. The average Bonchev–Trinajstić information content (AvgIpc) is 2.34. The lowest BCUT2D eigenvalue weighted by Gasteiger charge is -2.08. The van der Waals surface area contributed by atoms with Crippen LogP contribution in [0.2, 0.25) is 5.02 Å². The Morgan fingerprint density at radius 3 is 2.41 bits per heavy atom. The van der Waals surface area contributed by atoms with Crippen molar-refractivity contribution in [2.45, 2.75) is 6.54 Å². The van der Waals surface area contributed by atoms with Crippen molar-refractivity contribution in [3.05, 3.63) is 53.1 Å². The van der Waals surface area contributed by atoms with E-state index in [4.69, 9.17) is 22.1 Å². The van der Waals surface area contributed by atoms with Crippen LogP contribution in [0.4, 0.5) is 0 Å². The topological polar surface area (TPSA) is 55.5 Å². The van der Waals surface area contributed by atoms with Crippen molar-refractivity contribution in [3.8, 4) is 17.2 Å². The van der Waals surface area contributed by atoms with Gasteiger partial charge in [-0.3, -0.25) is 0 Å². The van der Waals surface area contributed by atoms with E-state index in [1.54, 1.807) is 6.07 Å². The summed E-state index contributed by atoms with van der Waals surface area (Å²) in [5.74, 6) is 1.29. The van der Waals surface area contributed by atoms with Crippen molar-refractivity contribution in [3.63, 3.8) is 0 Å². The molecule has 3 N–H and O–H groups in total. The van der Waals surface area contributed by atoms with Crippen LogP contribution in [0.25, 0.3) is 0 Å². The fourth-order valence-electron chi connectivity index (χ4n) is 1.39. The SMILES string of the molecule is NCc1ccc(Oc2ccc(O)cc2Cl)cc1. The number of phenols is 1. The molecule has 0 unspecified atom stereocenters. The van der Waals surface area contributed by atoms with Crippen LogP contribution in [0, 0.1) is 0 Å². The third-order valence-electron chi connectivity index (χ3n) is 2.30. The molecule has 0 bridgehead atoms. The number of hydrogen-bond acceptors (Lipinski definition) is 3. The number of phenolic OH excluding ortho intramolecular Hbond substituents is 1. The molecule has 0 atom stereocenters. The molecular formula is C13H12ClNO2. The molecule has 0 radical (unpaired) electrons. The summed E-state index contributed by atoms with van der Waals surface area (Å²) in [4.78, 5) is 0. The van der Waals surface area contributed by atoms with E-state index >= 15 is 0 Å². The second-order valence-corrected chi connectivity index (χ2v) is 3.97. The first-order valence-electron chi connectivity index (χ1n) is 5.14. The maximum Gasteiger partial charge on any atom is 0.146 e.